The van der Waals surface area contributed by atoms with E-state index in [0.29, 0.717) is 16.3 Å². The van der Waals surface area contributed by atoms with Crippen molar-refractivity contribution in [2.24, 2.45) is 5.16 Å². The van der Waals surface area contributed by atoms with Crippen LogP contribution in [0.1, 0.15) is 16.7 Å². The fourth-order valence-electron chi connectivity index (χ4n) is 1.98. The van der Waals surface area contributed by atoms with Crippen molar-refractivity contribution in [1.82, 2.24) is 0 Å². The molecule has 4 nitrogen and oxygen atoms in total. The summed E-state index contributed by atoms with van der Waals surface area (Å²) < 4.78 is 5.75. The number of aryl methyl sites for hydroxylation is 1. The molecule has 0 radical (unpaired) electrons. The zero-order valence-electron chi connectivity index (χ0n) is 12.3. The van der Waals surface area contributed by atoms with E-state index in [2.05, 4.69) is 5.16 Å². The summed E-state index contributed by atoms with van der Waals surface area (Å²) in [6.45, 7) is 2.24. The van der Waals surface area contributed by atoms with Gasteiger partial charge in [0.1, 0.15) is 25.5 Å². The second-order valence-electron chi connectivity index (χ2n) is 4.61. The Morgan fingerprint density at radius 2 is 2.05 bits per heavy atom. The van der Waals surface area contributed by atoms with Crippen LogP contribution >= 0.6 is 11.6 Å². The van der Waals surface area contributed by atoms with Gasteiger partial charge in [-0.3, -0.25) is 0 Å². The highest BCUT2D eigenvalue weighted by Gasteiger charge is 2.11. The molecular weight excluding hydrogens is 300 g/mol. The molecule has 0 spiro atoms. The predicted octanol–water partition coefficient (Wildman–Crippen LogP) is 4.10. The van der Waals surface area contributed by atoms with E-state index in [-0.39, 0.29) is 12.3 Å². The highest BCUT2D eigenvalue weighted by molar-refractivity contribution is 6.32. The Morgan fingerprint density at radius 1 is 1.27 bits per heavy atom. The van der Waals surface area contributed by atoms with Gasteiger partial charge in [-0.05, 0) is 30.2 Å². The lowest BCUT2D eigenvalue weighted by atomic mass is 10.0. The van der Waals surface area contributed by atoms with Crippen LogP contribution in [0.25, 0.3) is 0 Å². The van der Waals surface area contributed by atoms with E-state index in [1.165, 1.54) is 7.11 Å². The number of halogens is 1. The van der Waals surface area contributed by atoms with Gasteiger partial charge in [-0.2, -0.15) is 5.26 Å². The molecule has 5 heteroatoms. The molecule has 0 atom stereocenters. The van der Waals surface area contributed by atoms with Gasteiger partial charge in [0.25, 0.3) is 0 Å². The molecule has 0 aromatic heterocycles. The van der Waals surface area contributed by atoms with E-state index < -0.39 is 0 Å². The molecule has 0 heterocycles. The highest BCUT2D eigenvalue weighted by atomic mass is 35.5. The van der Waals surface area contributed by atoms with Crippen LogP contribution in [0.2, 0.25) is 5.02 Å². The molecule has 0 aliphatic heterocycles. The van der Waals surface area contributed by atoms with Crippen LogP contribution in [0.15, 0.2) is 47.6 Å². The topological polar surface area (TPSA) is 54.6 Å². The van der Waals surface area contributed by atoms with Gasteiger partial charge < -0.3 is 9.57 Å². The average molecular weight is 315 g/mol. The third-order valence-electron chi connectivity index (χ3n) is 3.03. The number of benzene rings is 2. The third kappa shape index (κ3) is 3.78. The Kier molecular flexibility index (Phi) is 5.40. The maximum atomic E-state index is 9.17. The number of rotatable bonds is 5. The molecule has 22 heavy (non-hydrogen) atoms. The summed E-state index contributed by atoms with van der Waals surface area (Å²) in [6.07, 6.45) is 0. The summed E-state index contributed by atoms with van der Waals surface area (Å²) in [6, 6.07) is 15.0. The zero-order valence-corrected chi connectivity index (χ0v) is 13.1. The number of hydrogen-bond acceptors (Lipinski definition) is 4. The molecule has 0 saturated carbocycles. The molecule has 0 aliphatic carbocycles. The maximum Gasteiger partial charge on any atom is 0.187 e. The normalized spacial score (nSPS) is 10.9. The quantitative estimate of drug-likeness (QED) is 0.616. The first-order valence-corrected chi connectivity index (χ1v) is 7.02. The molecule has 0 fully saturated rings. The van der Waals surface area contributed by atoms with Crippen molar-refractivity contribution in [2.75, 3.05) is 7.11 Å². The van der Waals surface area contributed by atoms with Crippen LogP contribution in [0.4, 0.5) is 0 Å². The minimum atomic E-state index is 0.205. The summed E-state index contributed by atoms with van der Waals surface area (Å²) in [4.78, 5) is 4.70. The molecule has 0 N–H and O–H groups in total. The van der Waals surface area contributed by atoms with E-state index in [1.807, 2.05) is 49.4 Å². The van der Waals surface area contributed by atoms with Gasteiger partial charge >= 0.3 is 0 Å². The summed E-state index contributed by atoms with van der Waals surface area (Å²) >= 11 is 6.15. The molecule has 0 saturated heterocycles. The van der Waals surface area contributed by atoms with Gasteiger partial charge in [0.2, 0.25) is 0 Å². The molecule has 2 aromatic carbocycles. The lowest BCUT2D eigenvalue weighted by molar-refractivity contribution is 0.214. The lowest BCUT2D eigenvalue weighted by Gasteiger charge is -2.11. The van der Waals surface area contributed by atoms with Gasteiger partial charge in [-0.25, -0.2) is 0 Å². The summed E-state index contributed by atoms with van der Waals surface area (Å²) in [5.41, 5.74) is 2.78. The first-order chi connectivity index (χ1) is 10.7. The van der Waals surface area contributed by atoms with Gasteiger partial charge in [0, 0.05) is 5.56 Å². The summed E-state index contributed by atoms with van der Waals surface area (Å²) in [7, 11) is 1.41. The van der Waals surface area contributed by atoms with E-state index in [0.717, 1.165) is 11.1 Å². The third-order valence-corrected chi connectivity index (χ3v) is 3.33. The van der Waals surface area contributed by atoms with Crippen LogP contribution in [-0.2, 0) is 11.4 Å². The molecular formula is C17H15ClN2O2. The lowest BCUT2D eigenvalue weighted by Crippen LogP contribution is -2.06. The van der Waals surface area contributed by atoms with E-state index >= 15 is 0 Å². The molecule has 0 unspecified atom stereocenters. The summed E-state index contributed by atoms with van der Waals surface area (Å²) in [5.74, 6) is 0.601. The van der Waals surface area contributed by atoms with Crippen LogP contribution < -0.4 is 4.74 Å². The molecule has 2 rings (SSSR count). The predicted molar refractivity (Wildman–Crippen MR) is 86.1 cm³/mol. The van der Waals surface area contributed by atoms with E-state index in [4.69, 9.17) is 21.2 Å². The molecule has 0 aliphatic rings. The Morgan fingerprint density at radius 3 is 2.73 bits per heavy atom. The Hall–Kier alpha value is -2.51. The van der Waals surface area contributed by atoms with Gasteiger partial charge in [0.15, 0.2) is 5.71 Å². The number of nitrogens with zero attached hydrogens (tertiary/aromatic N) is 2. The van der Waals surface area contributed by atoms with Crippen LogP contribution in [0, 0.1) is 18.3 Å². The van der Waals surface area contributed by atoms with Crippen molar-refractivity contribution in [2.45, 2.75) is 13.5 Å². The highest BCUT2D eigenvalue weighted by Crippen LogP contribution is 2.26. The van der Waals surface area contributed by atoms with E-state index in [1.54, 1.807) is 6.07 Å². The van der Waals surface area contributed by atoms with Crippen molar-refractivity contribution in [3.8, 4) is 11.8 Å². The van der Waals surface area contributed by atoms with Crippen molar-refractivity contribution in [3.63, 3.8) is 0 Å². The second kappa shape index (κ2) is 7.48. The van der Waals surface area contributed by atoms with Crippen molar-refractivity contribution in [1.29, 1.82) is 5.26 Å². The van der Waals surface area contributed by atoms with Crippen molar-refractivity contribution >= 4 is 17.3 Å². The molecule has 0 amide bonds. The van der Waals surface area contributed by atoms with Gasteiger partial charge in [0.05, 0.1) is 5.02 Å². The second-order valence-corrected chi connectivity index (χ2v) is 5.02. The first kappa shape index (κ1) is 15.9. The smallest absolute Gasteiger partial charge is 0.187 e. The monoisotopic (exact) mass is 314 g/mol. The zero-order chi connectivity index (χ0) is 15.9. The minimum absolute atomic E-state index is 0.205. The van der Waals surface area contributed by atoms with Gasteiger partial charge in [-0.15, -0.1) is 0 Å². The Bertz CT molecular complexity index is 736. The number of hydrogen-bond donors (Lipinski definition) is 0. The van der Waals surface area contributed by atoms with E-state index in [9.17, 15) is 5.26 Å². The van der Waals surface area contributed by atoms with Crippen molar-refractivity contribution < 1.29 is 9.57 Å². The fraction of sp³-hybridized carbons (Fsp3) is 0.176. The number of nitriles is 1. The fourth-order valence-corrected chi connectivity index (χ4v) is 2.27. The van der Waals surface area contributed by atoms with Crippen molar-refractivity contribution in [3.05, 3.63) is 64.2 Å². The minimum Gasteiger partial charge on any atom is -0.487 e. The number of ether oxygens (including phenoxy) is 1. The molecule has 2 aromatic rings. The maximum absolute atomic E-state index is 9.17. The largest absolute Gasteiger partial charge is 0.487 e. The Balaban J connectivity index is 2.24. The van der Waals surface area contributed by atoms with Crippen LogP contribution in [-0.4, -0.2) is 12.8 Å². The van der Waals surface area contributed by atoms with Crippen LogP contribution in [0.3, 0.4) is 0 Å². The number of oxime groups is 1. The average Bonchev–Trinajstić information content (AvgIpc) is 2.52. The van der Waals surface area contributed by atoms with Gasteiger partial charge in [-0.1, -0.05) is 47.1 Å². The van der Waals surface area contributed by atoms with Crippen LogP contribution in [0.5, 0.6) is 5.75 Å². The Labute approximate surface area is 134 Å². The first-order valence-electron chi connectivity index (χ1n) is 6.64. The SMILES string of the molecule is CON=C(C#N)c1ccccc1COc1ccc(C)cc1Cl. The summed E-state index contributed by atoms with van der Waals surface area (Å²) in [5, 5.41) is 13.5. The molecule has 0 bridgehead atoms. The molecule has 112 valence electrons. The standard InChI is InChI=1S/C17H15ClN2O2/c1-12-7-8-17(15(18)9-12)22-11-13-5-3-4-6-14(13)16(10-19)20-21-2/h3-9H,11H2,1-2H3.